The van der Waals surface area contributed by atoms with Gasteiger partial charge >= 0.3 is 0 Å². The first-order valence-electron chi connectivity index (χ1n) is 12.3. The van der Waals surface area contributed by atoms with Crippen LogP contribution in [0.1, 0.15) is 31.9 Å². The van der Waals surface area contributed by atoms with Crippen LogP contribution in [0, 0.1) is 0 Å². The van der Waals surface area contributed by atoms with Crippen LogP contribution in [0.25, 0.3) is 16.9 Å². The molecule has 7 nitrogen and oxygen atoms in total. The van der Waals surface area contributed by atoms with Crippen molar-refractivity contribution in [2.45, 2.75) is 37.6 Å². The Labute approximate surface area is 241 Å². The zero-order chi connectivity index (χ0) is 27.8. The Morgan fingerprint density at radius 2 is 1.67 bits per heavy atom. The van der Waals surface area contributed by atoms with E-state index in [9.17, 15) is 8.42 Å². The van der Waals surface area contributed by atoms with Gasteiger partial charge in [0.1, 0.15) is 5.82 Å². The largest absolute Gasteiger partial charge is 0.366 e. The lowest BCUT2D eigenvalue weighted by Crippen LogP contribution is -2.15. The molecule has 2 aromatic heterocycles. The summed E-state index contributed by atoms with van der Waals surface area (Å²) in [5, 5.41) is 8.45. The van der Waals surface area contributed by atoms with Gasteiger partial charge in [-0.15, -0.1) is 0 Å². The van der Waals surface area contributed by atoms with Crippen LogP contribution in [0.5, 0.6) is 0 Å². The van der Waals surface area contributed by atoms with Crippen LogP contribution in [0.2, 0.25) is 5.02 Å². The predicted octanol–water partition coefficient (Wildman–Crippen LogP) is 7.52. The number of fused-ring (bicyclic) bond motifs is 1. The Morgan fingerprint density at radius 3 is 2.33 bits per heavy atom. The summed E-state index contributed by atoms with van der Waals surface area (Å²) >= 11 is 9.95. The summed E-state index contributed by atoms with van der Waals surface area (Å²) in [5.41, 5.74) is 4.68. The van der Waals surface area contributed by atoms with E-state index in [0.29, 0.717) is 22.9 Å². The third-order valence-corrected chi connectivity index (χ3v) is 8.58. The summed E-state index contributed by atoms with van der Waals surface area (Å²) in [4.78, 5) is 4.96. The molecule has 0 fully saturated rings. The summed E-state index contributed by atoms with van der Waals surface area (Å²) in [6.07, 6.45) is 1.70. The van der Waals surface area contributed by atoms with Crippen LogP contribution >= 0.6 is 27.5 Å². The lowest BCUT2D eigenvalue weighted by atomic mass is 9.87. The van der Waals surface area contributed by atoms with Gasteiger partial charge in [0.15, 0.2) is 5.65 Å². The number of anilines is 2. The van der Waals surface area contributed by atoms with Gasteiger partial charge in [-0.25, -0.2) is 13.4 Å². The normalized spacial score (nSPS) is 12.0. The molecule has 0 radical (unpaired) electrons. The third kappa shape index (κ3) is 5.95. The smallest absolute Gasteiger partial charge is 0.261 e. The average Bonchev–Trinajstić information content (AvgIpc) is 3.28. The molecule has 2 heterocycles. The van der Waals surface area contributed by atoms with Gasteiger partial charge in [0.2, 0.25) is 0 Å². The molecule has 39 heavy (non-hydrogen) atoms. The third-order valence-electron chi connectivity index (χ3n) is 6.29. The molecule has 0 saturated carbocycles. The molecular weight excluding hydrogens is 598 g/mol. The highest BCUT2D eigenvalue weighted by atomic mass is 79.9. The number of benzene rings is 3. The Bertz CT molecular complexity index is 1750. The van der Waals surface area contributed by atoms with Crippen molar-refractivity contribution in [2.75, 3.05) is 10.0 Å². The summed E-state index contributed by atoms with van der Waals surface area (Å²) in [6.45, 7) is 6.76. The number of halogens is 2. The average molecular weight is 625 g/mol. The first kappa shape index (κ1) is 27.2. The summed E-state index contributed by atoms with van der Waals surface area (Å²) in [7, 11) is -3.70. The Morgan fingerprint density at radius 1 is 0.974 bits per heavy atom. The fourth-order valence-electron chi connectivity index (χ4n) is 4.10. The molecule has 0 spiro atoms. The van der Waals surface area contributed by atoms with E-state index in [4.69, 9.17) is 16.6 Å². The minimum atomic E-state index is -3.70. The van der Waals surface area contributed by atoms with Gasteiger partial charge in [-0.2, -0.15) is 9.61 Å². The Kier molecular flexibility index (Phi) is 7.41. The number of hydrogen-bond acceptors (Lipinski definition) is 5. The number of sulfonamides is 1. The molecule has 200 valence electrons. The molecular formula is C29H27BrClN5O2S. The molecule has 0 amide bonds. The SMILES string of the molecule is CC(C)(C)c1ccc(S(=O)(=O)Nc2ccc(CNc3cc(-c4ccccc4Cl)nc4c(Br)cnn34)cc2)cc1. The lowest BCUT2D eigenvalue weighted by Gasteiger charge is -2.19. The van der Waals surface area contributed by atoms with E-state index in [1.54, 1.807) is 35.0 Å². The van der Waals surface area contributed by atoms with Crippen molar-refractivity contribution in [2.24, 2.45) is 0 Å². The van der Waals surface area contributed by atoms with Gasteiger partial charge in [0, 0.05) is 28.9 Å². The number of rotatable bonds is 7. The molecule has 3 aromatic carbocycles. The van der Waals surface area contributed by atoms with Crippen LogP contribution in [0.3, 0.4) is 0 Å². The van der Waals surface area contributed by atoms with E-state index in [0.717, 1.165) is 32.7 Å². The Balaban J connectivity index is 1.32. The van der Waals surface area contributed by atoms with Crippen LogP contribution in [-0.2, 0) is 22.0 Å². The van der Waals surface area contributed by atoms with Crippen LogP contribution in [-0.4, -0.2) is 23.0 Å². The van der Waals surface area contributed by atoms with Crippen molar-refractivity contribution < 1.29 is 8.42 Å². The fraction of sp³-hybridized carbons (Fsp3) is 0.172. The number of nitrogens with one attached hydrogen (secondary N) is 2. The molecule has 5 rings (SSSR count). The quantitative estimate of drug-likeness (QED) is 0.196. The van der Waals surface area contributed by atoms with Crippen molar-refractivity contribution in [3.05, 3.63) is 106 Å². The lowest BCUT2D eigenvalue weighted by molar-refractivity contribution is 0.587. The van der Waals surface area contributed by atoms with Crippen molar-refractivity contribution in [1.82, 2.24) is 14.6 Å². The standard InChI is InChI=1S/C29H27BrClN5O2S/c1-29(2,3)20-10-14-22(15-11-20)39(37,38)35-21-12-8-19(9-13-21)17-32-27-16-26(23-6-4-5-7-25(23)31)34-28-24(30)18-33-36(27)28/h4-16,18,32,35H,17H2,1-3H3. The molecule has 0 aliphatic carbocycles. The van der Waals surface area contributed by atoms with Crippen molar-refractivity contribution in [3.63, 3.8) is 0 Å². The monoisotopic (exact) mass is 623 g/mol. The zero-order valence-corrected chi connectivity index (χ0v) is 24.8. The minimum absolute atomic E-state index is 0.0499. The molecule has 0 unspecified atom stereocenters. The maximum absolute atomic E-state index is 12.9. The minimum Gasteiger partial charge on any atom is -0.366 e. The van der Waals surface area contributed by atoms with E-state index in [-0.39, 0.29) is 10.3 Å². The number of nitrogens with zero attached hydrogens (tertiary/aromatic N) is 3. The van der Waals surface area contributed by atoms with Crippen molar-refractivity contribution >= 4 is 54.7 Å². The van der Waals surface area contributed by atoms with E-state index < -0.39 is 10.0 Å². The maximum Gasteiger partial charge on any atom is 0.261 e. The first-order chi connectivity index (χ1) is 18.5. The zero-order valence-electron chi connectivity index (χ0n) is 21.6. The van der Waals surface area contributed by atoms with Gasteiger partial charge in [0.05, 0.1) is 21.3 Å². The second kappa shape index (κ2) is 10.6. The van der Waals surface area contributed by atoms with Crippen LogP contribution in [0.15, 0.2) is 94.4 Å². The van der Waals surface area contributed by atoms with Gasteiger partial charge in [-0.05, 0) is 62.8 Å². The summed E-state index contributed by atoms with van der Waals surface area (Å²) < 4.78 is 31.0. The van der Waals surface area contributed by atoms with Crippen molar-refractivity contribution in [3.8, 4) is 11.3 Å². The van der Waals surface area contributed by atoms with Crippen LogP contribution < -0.4 is 10.0 Å². The highest BCUT2D eigenvalue weighted by Crippen LogP contribution is 2.30. The Hall–Kier alpha value is -3.40. The molecule has 0 bridgehead atoms. The van der Waals surface area contributed by atoms with Gasteiger partial charge in [0.25, 0.3) is 10.0 Å². The molecule has 2 N–H and O–H groups in total. The van der Waals surface area contributed by atoms with E-state index in [1.165, 1.54) is 0 Å². The molecule has 5 aromatic rings. The second-order valence-corrected chi connectivity index (χ2v) is 13.1. The van der Waals surface area contributed by atoms with E-state index in [2.05, 4.69) is 51.8 Å². The van der Waals surface area contributed by atoms with Gasteiger partial charge in [-0.3, -0.25) is 4.72 Å². The van der Waals surface area contributed by atoms with Gasteiger partial charge in [-0.1, -0.05) is 74.8 Å². The number of aromatic nitrogens is 3. The van der Waals surface area contributed by atoms with Gasteiger partial charge < -0.3 is 5.32 Å². The maximum atomic E-state index is 12.9. The highest BCUT2D eigenvalue weighted by Gasteiger charge is 2.18. The predicted molar refractivity (Wildman–Crippen MR) is 161 cm³/mol. The van der Waals surface area contributed by atoms with E-state index in [1.807, 2.05) is 54.6 Å². The molecule has 0 aliphatic heterocycles. The fourth-order valence-corrected chi connectivity index (χ4v) is 5.74. The molecule has 10 heteroatoms. The van der Waals surface area contributed by atoms with E-state index >= 15 is 0 Å². The highest BCUT2D eigenvalue weighted by molar-refractivity contribution is 9.10. The van der Waals surface area contributed by atoms with Crippen molar-refractivity contribution in [1.29, 1.82) is 0 Å². The van der Waals surface area contributed by atoms with Crippen LogP contribution in [0.4, 0.5) is 11.5 Å². The number of hydrogen-bond donors (Lipinski definition) is 2. The molecule has 0 atom stereocenters. The second-order valence-electron chi connectivity index (χ2n) is 10.2. The summed E-state index contributed by atoms with van der Waals surface area (Å²) in [6, 6.07) is 23.7. The topological polar surface area (TPSA) is 88.4 Å². The first-order valence-corrected chi connectivity index (χ1v) is 14.9. The molecule has 0 aliphatic rings. The summed E-state index contributed by atoms with van der Waals surface area (Å²) in [5.74, 6) is 0.740. The molecule has 0 saturated heterocycles.